The lowest BCUT2D eigenvalue weighted by Gasteiger charge is -2.34. The van der Waals surface area contributed by atoms with Crippen molar-refractivity contribution in [3.05, 3.63) is 59.3 Å². The fraction of sp³-hybridized carbons (Fsp3) is 0.348. The number of ether oxygens (including phenoxy) is 2. The molecule has 1 amide bonds. The minimum atomic E-state index is -0.117. The molecule has 3 heterocycles. The summed E-state index contributed by atoms with van der Waals surface area (Å²) in [4.78, 5) is 17.2. The van der Waals surface area contributed by atoms with Gasteiger partial charge < -0.3 is 19.7 Å². The van der Waals surface area contributed by atoms with Crippen LogP contribution in [0.5, 0.6) is 11.5 Å². The van der Waals surface area contributed by atoms with E-state index in [-0.39, 0.29) is 12.7 Å². The van der Waals surface area contributed by atoms with Crippen molar-refractivity contribution in [3.63, 3.8) is 0 Å². The van der Waals surface area contributed by atoms with E-state index in [1.807, 2.05) is 29.2 Å². The molecule has 2 aromatic carbocycles. The summed E-state index contributed by atoms with van der Waals surface area (Å²) in [6.07, 6.45) is 0.981. The summed E-state index contributed by atoms with van der Waals surface area (Å²) in [7, 11) is 0. The maximum Gasteiger partial charge on any atom is 0.278 e. The van der Waals surface area contributed by atoms with E-state index in [0.717, 1.165) is 43.2 Å². The van der Waals surface area contributed by atoms with Gasteiger partial charge in [0.25, 0.3) is 5.91 Å². The van der Waals surface area contributed by atoms with Crippen molar-refractivity contribution in [2.24, 2.45) is 0 Å². The Kier molecular flexibility index (Phi) is 5.64. The van der Waals surface area contributed by atoms with Crippen molar-refractivity contribution in [1.29, 1.82) is 0 Å². The van der Waals surface area contributed by atoms with Crippen LogP contribution in [-0.2, 0) is 13.0 Å². The van der Waals surface area contributed by atoms with Gasteiger partial charge in [-0.05, 0) is 41.8 Å². The molecule has 2 aliphatic rings. The van der Waals surface area contributed by atoms with Gasteiger partial charge in [-0.15, -0.1) is 10.2 Å². The van der Waals surface area contributed by atoms with E-state index in [1.54, 1.807) is 0 Å². The molecule has 0 radical (unpaired) electrons. The fourth-order valence-electron chi connectivity index (χ4n) is 3.98. The molecule has 0 aliphatic carbocycles. The molecule has 0 spiro atoms. The third kappa shape index (κ3) is 4.24. The van der Waals surface area contributed by atoms with Gasteiger partial charge in [0.05, 0.1) is 0 Å². The molecular formula is C23H26N6O3. The molecule has 1 saturated heterocycles. The number of hydrogen-bond donors (Lipinski definition) is 2. The van der Waals surface area contributed by atoms with Crippen molar-refractivity contribution < 1.29 is 14.3 Å². The van der Waals surface area contributed by atoms with E-state index in [4.69, 9.17) is 9.47 Å². The molecule has 0 bridgehead atoms. The molecule has 2 aliphatic heterocycles. The maximum atomic E-state index is 13.1. The number of aromatic nitrogens is 3. The van der Waals surface area contributed by atoms with Crippen LogP contribution in [0.4, 0.5) is 11.5 Å². The van der Waals surface area contributed by atoms with E-state index in [1.165, 1.54) is 11.1 Å². The summed E-state index contributed by atoms with van der Waals surface area (Å²) in [6.45, 7) is 6.07. The first-order valence-electron chi connectivity index (χ1n) is 10.9. The van der Waals surface area contributed by atoms with Crippen molar-refractivity contribution in [2.45, 2.75) is 19.9 Å². The molecule has 0 atom stereocenters. The Hall–Kier alpha value is -3.59. The van der Waals surface area contributed by atoms with Crippen molar-refractivity contribution in [3.8, 4) is 11.5 Å². The Labute approximate surface area is 186 Å². The molecule has 166 valence electrons. The Morgan fingerprint density at radius 1 is 1.00 bits per heavy atom. The lowest BCUT2D eigenvalue weighted by atomic mass is 10.1. The quantitative estimate of drug-likeness (QED) is 0.616. The van der Waals surface area contributed by atoms with Crippen LogP contribution in [0.2, 0.25) is 0 Å². The molecule has 0 unspecified atom stereocenters. The standard InChI is InChI=1S/C23H26N6O3/c1-2-16-3-6-18(7-4-16)24-22-21(25-27-26-22)23(30)29-11-9-28(10-12-29)14-17-5-8-19-20(13-17)32-15-31-19/h3-8,13H,2,9-12,14-15H2,1H3,(H2,24,25,26,27). The summed E-state index contributed by atoms with van der Waals surface area (Å²) < 4.78 is 10.8. The van der Waals surface area contributed by atoms with Crippen LogP contribution in [0.1, 0.15) is 28.5 Å². The topological polar surface area (TPSA) is 95.6 Å². The largest absolute Gasteiger partial charge is 0.454 e. The van der Waals surface area contributed by atoms with Crippen LogP contribution < -0.4 is 14.8 Å². The Morgan fingerprint density at radius 2 is 1.75 bits per heavy atom. The number of carbonyl (C=O) groups excluding carboxylic acids is 1. The number of aromatic amines is 1. The third-order valence-corrected chi connectivity index (χ3v) is 5.88. The van der Waals surface area contributed by atoms with Crippen LogP contribution in [-0.4, -0.2) is 64.1 Å². The molecule has 0 saturated carbocycles. The van der Waals surface area contributed by atoms with E-state index < -0.39 is 0 Å². The SMILES string of the molecule is CCc1ccc(Nc2n[nH]nc2C(=O)N2CCN(Cc3ccc4c(c3)OCO4)CC2)cc1. The second kappa shape index (κ2) is 8.88. The Balaban J connectivity index is 1.18. The van der Waals surface area contributed by atoms with Gasteiger partial charge in [0.15, 0.2) is 23.0 Å². The minimum absolute atomic E-state index is 0.117. The average molecular weight is 435 g/mol. The van der Waals surface area contributed by atoms with Gasteiger partial charge in [0.1, 0.15) is 0 Å². The van der Waals surface area contributed by atoms with Crippen molar-refractivity contribution in [1.82, 2.24) is 25.2 Å². The summed E-state index contributed by atoms with van der Waals surface area (Å²) in [6, 6.07) is 14.1. The van der Waals surface area contributed by atoms with E-state index >= 15 is 0 Å². The van der Waals surface area contributed by atoms with Gasteiger partial charge in [-0.25, -0.2) is 0 Å². The summed E-state index contributed by atoms with van der Waals surface area (Å²) in [5.74, 6) is 1.92. The smallest absolute Gasteiger partial charge is 0.278 e. The van der Waals surface area contributed by atoms with Crippen LogP contribution in [0, 0.1) is 0 Å². The van der Waals surface area contributed by atoms with Gasteiger partial charge in [0.2, 0.25) is 6.79 Å². The highest BCUT2D eigenvalue weighted by Crippen LogP contribution is 2.33. The second-order valence-corrected chi connectivity index (χ2v) is 7.95. The number of fused-ring (bicyclic) bond motifs is 1. The van der Waals surface area contributed by atoms with Gasteiger partial charge >= 0.3 is 0 Å². The fourth-order valence-corrected chi connectivity index (χ4v) is 3.98. The first-order chi connectivity index (χ1) is 15.7. The minimum Gasteiger partial charge on any atom is -0.454 e. The van der Waals surface area contributed by atoms with Crippen LogP contribution in [0.15, 0.2) is 42.5 Å². The number of amides is 1. The summed E-state index contributed by atoms with van der Waals surface area (Å²) in [5.41, 5.74) is 3.62. The van der Waals surface area contributed by atoms with Gasteiger partial charge in [-0.2, -0.15) is 5.21 Å². The van der Waals surface area contributed by atoms with Gasteiger partial charge in [-0.1, -0.05) is 25.1 Å². The number of benzene rings is 2. The first kappa shape index (κ1) is 20.3. The monoisotopic (exact) mass is 434 g/mol. The number of hydrogen-bond acceptors (Lipinski definition) is 7. The molecule has 1 aromatic heterocycles. The number of carbonyl (C=O) groups is 1. The first-order valence-corrected chi connectivity index (χ1v) is 10.9. The molecule has 1 fully saturated rings. The Morgan fingerprint density at radius 3 is 2.53 bits per heavy atom. The zero-order chi connectivity index (χ0) is 21.9. The number of rotatable bonds is 6. The number of nitrogens with zero attached hydrogens (tertiary/aromatic N) is 4. The molecule has 3 aromatic rings. The number of aryl methyl sites for hydroxylation is 1. The highest BCUT2D eigenvalue weighted by molar-refractivity contribution is 5.97. The predicted molar refractivity (Wildman–Crippen MR) is 119 cm³/mol. The van der Waals surface area contributed by atoms with Crippen LogP contribution >= 0.6 is 0 Å². The van der Waals surface area contributed by atoms with Gasteiger partial charge in [0, 0.05) is 38.4 Å². The highest BCUT2D eigenvalue weighted by atomic mass is 16.7. The second-order valence-electron chi connectivity index (χ2n) is 7.95. The molecule has 9 nitrogen and oxygen atoms in total. The predicted octanol–water partition coefficient (Wildman–Crippen LogP) is 2.80. The zero-order valence-corrected chi connectivity index (χ0v) is 18.0. The van der Waals surface area contributed by atoms with Crippen LogP contribution in [0.25, 0.3) is 0 Å². The Bertz CT molecular complexity index is 1090. The number of nitrogens with one attached hydrogen (secondary N) is 2. The molecular weight excluding hydrogens is 408 g/mol. The summed E-state index contributed by atoms with van der Waals surface area (Å²) >= 11 is 0. The third-order valence-electron chi connectivity index (χ3n) is 5.88. The summed E-state index contributed by atoms with van der Waals surface area (Å²) in [5, 5.41) is 14.0. The number of H-pyrrole nitrogens is 1. The lowest BCUT2D eigenvalue weighted by Crippen LogP contribution is -2.48. The van der Waals surface area contributed by atoms with Gasteiger partial charge in [-0.3, -0.25) is 9.69 Å². The zero-order valence-electron chi connectivity index (χ0n) is 18.0. The molecule has 32 heavy (non-hydrogen) atoms. The van der Waals surface area contributed by atoms with Crippen molar-refractivity contribution >= 4 is 17.4 Å². The normalized spacial score (nSPS) is 15.7. The van der Waals surface area contributed by atoms with E-state index in [2.05, 4.69) is 50.8 Å². The lowest BCUT2D eigenvalue weighted by molar-refractivity contribution is 0.0623. The highest BCUT2D eigenvalue weighted by Gasteiger charge is 2.27. The molecule has 2 N–H and O–H groups in total. The number of piperazine rings is 1. The molecule has 9 heteroatoms. The van der Waals surface area contributed by atoms with E-state index in [0.29, 0.717) is 24.6 Å². The molecule has 5 rings (SSSR count). The average Bonchev–Trinajstić information content (AvgIpc) is 3.49. The van der Waals surface area contributed by atoms with Crippen molar-refractivity contribution in [2.75, 3.05) is 38.3 Å². The van der Waals surface area contributed by atoms with E-state index in [9.17, 15) is 4.79 Å². The maximum absolute atomic E-state index is 13.1. The van der Waals surface area contributed by atoms with Crippen LogP contribution in [0.3, 0.4) is 0 Å². The number of anilines is 2.